The standard InChI is InChI=1S/C22H14BrClO3/c23-16-6-4-14(5-7-16)13-26-18-8-9-19-20(12-18)27-21(22(19)25)11-15-2-1-3-17(24)10-15/h1-12H,13H2. The number of hydrogen-bond donors (Lipinski definition) is 0. The summed E-state index contributed by atoms with van der Waals surface area (Å²) in [4.78, 5) is 12.5. The lowest BCUT2D eigenvalue weighted by Gasteiger charge is -2.07. The van der Waals surface area contributed by atoms with Crippen molar-refractivity contribution in [3.05, 3.63) is 98.7 Å². The lowest BCUT2D eigenvalue weighted by Crippen LogP contribution is -1.98. The first-order valence-corrected chi connectivity index (χ1v) is 9.47. The van der Waals surface area contributed by atoms with Gasteiger partial charge in [0.15, 0.2) is 5.76 Å². The monoisotopic (exact) mass is 440 g/mol. The molecule has 3 aromatic carbocycles. The second-order valence-corrected chi connectivity index (χ2v) is 7.42. The number of carbonyl (C=O) groups excluding carboxylic acids is 1. The minimum atomic E-state index is -0.149. The summed E-state index contributed by atoms with van der Waals surface area (Å²) >= 11 is 9.41. The zero-order chi connectivity index (χ0) is 18.8. The molecule has 4 rings (SSSR count). The van der Waals surface area contributed by atoms with Gasteiger partial charge in [-0.15, -0.1) is 0 Å². The molecule has 0 spiro atoms. The number of fused-ring (bicyclic) bond motifs is 1. The molecule has 0 amide bonds. The van der Waals surface area contributed by atoms with E-state index in [-0.39, 0.29) is 11.5 Å². The number of benzene rings is 3. The van der Waals surface area contributed by atoms with E-state index in [4.69, 9.17) is 21.1 Å². The molecule has 0 bridgehead atoms. The van der Waals surface area contributed by atoms with Crippen LogP contribution in [0.5, 0.6) is 11.5 Å². The highest BCUT2D eigenvalue weighted by Crippen LogP contribution is 2.35. The number of hydrogen-bond acceptors (Lipinski definition) is 3. The molecule has 0 fully saturated rings. The normalized spacial score (nSPS) is 14.1. The smallest absolute Gasteiger partial charge is 0.231 e. The van der Waals surface area contributed by atoms with Gasteiger partial charge in [0.1, 0.15) is 18.1 Å². The van der Waals surface area contributed by atoms with Crippen LogP contribution in [0, 0.1) is 0 Å². The first-order valence-electron chi connectivity index (χ1n) is 8.29. The number of rotatable bonds is 4. The summed E-state index contributed by atoms with van der Waals surface area (Å²) in [7, 11) is 0. The number of allylic oxidation sites excluding steroid dienone is 1. The highest BCUT2D eigenvalue weighted by molar-refractivity contribution is 9.10. The Balaban J connectivity index is 1.51. The summed E-state index contributed by atoms with van der Waals surface area (Å²) in [6.45, 7) is 0.436. The Bertz CT molecular complexity index is 1040. The Morgan fingerprint density at radius 2 is 1.85 bits per heavy atom. The van der Waals surface area contributed by atoms with E-state index >= 15 is 0 Å². The van der Waals surface area contributed by atoms with E-state index in [1.54, 1.807) is 36.4 Å². The van der Waals surface area contributed by atoms with E-state index in [9.17, 15) is 4.79 Å². The van der Waals surface area contributed by atoms with Crippen LogP contribution >= 0.6 is 27.5 Å². The van der Waals surface area contributed by atoms with Crippen molar-refractivity contribution in [2.45, 2.75) is 6.61 Å². The molecule has 0 aliphatic carbocycles. The maximum Gasteiger partial charge on any atom is 0.231 e. The van der Waals surface area contributed by atoms with Crippen molar-refractivity contribution < 1.29 is 14.3 Å². The summed E-state index contributed by atoms with van der Waals surface area (Å²) in [5, 5.41) is 0.607. The van der Waals surface area contributed by atoms with Crippen LogP contribution in [0.1, 0.15) is 21.5 Å². The molecule has 3 aromatic rings. The fourth-order valence-electron chi connectivity index (χ4n) is 2.75. The lowest BCUT2D eigenvalue weighted by molar-refractivity contribution is 0.101. The fraction of sp³-hybridized carbons (Fsp3) is 0.0455. The molecule has 27 heavy (non-hydrogen) atoms. The molecule has 1 aliphatic heterocycles. The third-order valence-electron chi connectivity index (χ3n) is 4.11. The van der Waals surface area contributed by atoms with Gasteiger partial charge in [-0.25, -0.2) is 0 Å². The average molecular weight is 442 g/mol. The maximum absolute atomic E-state index is 12.5. The van der Waals surface area contributed by atoms with Crippen molar-refractivity contribution in [1.29, 1.82) is 0 Å². The topological polar surface area (TPSA) is 35.5 Å². The maximum atomic E-state index is 12.5. The van der Waals surface area contributed by atoms with Crippen molar-refractivity contribution in [1.82, 2.24) is 0 Å². The van der Waals surface area contributed by atoms with Crippen molar-refractivity contribution in [3.8, 4) is 11.5 Å². The molecule has 0 radical (unpaired) electrons. The first kappa shape index (κ1) is 17.8. The molecular weight excluding hydrogens is 428 g/mol. The third-order valence-corrected chi connectivity index (χ3v) is 4.87. The molecule has 0 N–H and O–H groups in total. The molecule has 1 heterocycles. The van der Waals surface area contributed by atoms with E-state index in [2.05, 4.69) is 15.9 Å². The van der Waals surface area contributed by atoms with Crippen molar-refractivity contribution in [2.75, 3.05) is 0 Å². The van der Waals surface area contributed by atoms with Gasteiger partial charge in [0.05, 0.1) is 5.56 Å². The summed E-state index contributed by atoms with van der Waals surface area (Å²) in [5.74, 6) is 1.27. The minimum absolute atomic E-state index is 0.149. The van der Waals surface area contributed by atoms with E-state index in [1.165, 1.54) is 0 Å². The van der Waals surface area contributed by atoms with Gasteiger partial charge in [-0.3, -0.25) is 4.79 Å². The SMILES string of the molecule is O=C1C(=Cc2cccc(Cl)c2)Oc2cc(OCc3ccc(Br)cc3)ccc21. The molecule has 3 nitrogen and oxygen atoms in total. The molecular formula is C22H14BrClO3. The van der Waals surface area contributed by atoms with Crippen LogP contribution in [-0.2, 0) is 6.61 Å². The van der Waals surface area contributed by atoms with Crippen LogP contribution in [-0.4, -0.2) is 5.78 Å². The van der Waals surface area contributed by atoms with Gasteiger partial charge < -0.3 is 9.47 Å². The van der Waals surface area contributed by atoms with Gasteiger partial charge in [-0.2, -0.15) is 0 Å². The largest absolute Gasteiger partial charge is 0.489 e. The summed E-state index contributed by atoms with van der Waals surface area (Å²) in [6, 6.07) is 20.4. The van der Waals surface area contributed by atoms with E-state index in [0.717, 1.165) is 15.6 Å². The second kappa shape index (κ2) is 7.59. The van der Waals surface area contributed by atoms with Crippen molar-refractivity contribution >= 4 is 39.4 Å². The van der Waals surface area contributed by atoms with E-state index < -0.39 is 0 Å². The van der Waals surface area contributed by atoms with Crippen LogP contribution < -0.4 is 9.47 Å². The van der Waals surface area contributed by atoms with Crippen molar-refractivity contribution in [2.24, 2.45) is 0 Å². The minimum Gasteiger partial charge on any atom is -0.489 e. The lowest BCUT2D eigenvalue weighted by atomic mass is 10.1. The van der Waals surface area contributed by atoms with Gasteiger partial charge in [-0.05, 0) is 53.6 Å². The molecule has 5 heteroatoms. The average Bonchev–Trinajstić information content (AvgIpc) is 2.96. The molecule has 1 aliphatic rings. The highest BCUT2D eigenvalue weighted by atomic mass is 79.9. The van der Waals surface area contributed by atoms with E-state index in [1.807, 2.05) is 36.4 Å². The van der Waals surface area contributed by atoms with Crippen LogP contribution in [0.15, 0.2) is 77.0 Å². The summed E-state index contributed by atoms with van der Waals surface area (Å²) < 4.78 is 12.6. The number of ether oxygens (including phenoxy) is 2. The number of carbonyl (C=O) groups is 1. The number of Topliss-reactive ketones (excluding diaryl/α,β-unsaturated/α-hetero) is 1. The zero-order valence-electron chi connectivity index (χ0n) is 14.1. The van der Waals surface area contributed by atoms with Crippen LogP contribution in [0.4, 0.5) is 0 Å². The summed E-state index contributed by atoms with van der Waals surface area (Å²) in [5.41, 5.74) is 2.39. The van der Waals surface area contributed by atoms with Gasteiger partial charge in [0, 0.05) is 15.6 Å². The predicted molar refractivity (Wildman–Crippen MR) is 109 cm³/mol. The van der Waals surface area contributed by atoms with Gasteiger partial charge in [-0.1, -0.05) is 51.8 Å². The highest BCUT2D eigenvalue weighted by Gasteiger charge is 2.27. The van der Waals surface area contributed by atoms with E-state index in [0.29, 0.717) is 28.7 Å². The fourth-order valence-corrected chi connectivity index (χ4v) is 3.22. The number of halogens is 2. The van der Waals surface area contributed by atoms with Crippen LogP contribution in [0.25, 0.3) is 6.08 Å². The number of ketones is 1. The van der Waals surface area contributed by atoms with Gasteiger partial charge >= 0.3 is 0 Å². The van der Waals surface area contributed by atoms with Crippen LogP contribution in [0.2, 0.25) is 5.02 Å². The molecule has 0 atom stereocenters. The Labute approximate surface area is 170 Å². The van der Waals surface area contributed by atoms with Gasteiger partial charge in [0.2, 0.25) is 5.78 Å². The van der Waals surface area contributed by atoms with Crippen molar-refractivity contribution in [3.63, 3.8) is 0 Å². The Morgan fingerprint density at radius 1 is 1.04 bits per heavy atom. The molecule has 0 saturated heterocycles. The Kier molecular flexibility index (Phi) is 5.01. The second-order valence-electron chi connectivity index (χ2n) is 6.07. The first-order chi connectivity index (χ1) is 13.1. The molecule has 0 saturated carbocycles. The Morgan fingerprint density at radius 3 is 2.63 bits per heavy atom. The Hall–Kier alpha value is -2.56. The molecule has 0 unspecified atom stereocenters. The summed E-state index contributed by atoms with van der Waals surface area (Å²) in [6.07, 6.45) is 1.69. The predicted octanol–water partition coefficient (Wildman–Crippen LogP) is 6.30. The third kappa shape index (κ3) is 4.07. The molecule has 0 aromatic heterocycles. The zero-order valence-corrected chi connectivity index (χ0v) is 16.5. The molecule has 134 valence electrons. The quantitative estimate of drug-likeness (QED) is 0.446. The van der Waals surface area contributed by atoms with Gasteiger partial charge in [0.25, 0.3) is 0 Å². The van der Waals surface area contributed by atoms with Crippen LogP contribution in [0.3, 0.4) is 0 Å².